The summed E-state index contributed by atoms with van der Waals surface area (Å²) in [7, 11) is 1.63. The highest BCUT2D eigenvalue weighted by molar-refractivity contribution is 6.10. The summed E-state index contributed by atoms with van der Waals surface area (Å²) in [5, 5.41) is 4.48. The van der Waals surface area contributed by atoms with Crippen molar-refractivity contribution in [2.24, 2.45) is 5.10 Å². The van der Waals surface area contributed by atoms with Crippen LogP contribution in [0.5, 0.6) is 11.7 Å². The summed E-state index contributed by atoms with van der Waals surface area (Å²) in [6, 6.07) is 17.2. The predicted octanol–water partition coefficient (Wildman–Crippen LogP) is 3.95. The molecule has 0 aliphatic rings. The van der Waals surface area contributed by atoms with Crippen LogP contribution < -0.4 is 14.9 Å². The molecule has 0 spiro atoms. The third kappa shape index (κ3) is 4.17. The minimum atomic E-state index is 0.360. The Morgan fingerprint density at radius 2 is 1.88 bits per heavy atom. The molecule has 1 aromatic heterocycles. The fourth-order valence-corrected chi connectivity index (χ4v) is 2.20. The molecule has 0 radical (unpaired) electrons. The number of oxazole rings is 1. The van der Waals surface area contributed by atoms with E-state index in [2.05, 4.69) is 15.5 Å². The normalized spacial score (nSPS) is 11.2. The minimum Gasteiger partial charge on any atom is -0.497 e. The summed E-state index contributed by atoms with van der Waals surface area (Å²) in [6.07, 6.45) is 1.54. The first-order valence-electron chi connectivity index (χ1n) is 7.92. The molecular formula is C19H19N3O3. The average molecular weight is 337 g/mol. The van der Waals surface area contributed by atoms with Crippen LogP contribution in [-0.4, -0.2) is 24.4 Å². The van der Waals surface area contributed by atoms with E-state index in [0.29, 0.717) is 24.2 Å². The number of nitrogens with zero attached hydrogens (tertiary/aromatic N) is 2. The van der Waals surface area contributed by atoms with Gasteiger partial charge >= 0.3 is 5.95 Å². The second kappa shape index (κ2) is 8.01. The van der Waals surface area contributed by atoms with Gasteiger partial charge in [0.15, 0.2) is 5.71 Å². The standard InChI is InChI=1S/C19H19N3O3/c1-3-24-17-13-20-19(25-17)18(14-9-11-16(23-2)12-10-14)22-21-15-7-5-4-6-8-15/h4-13,21H,3H2,1-2H3. The number of anilines is 1. The summed E-state index contributed by atoms with van der Waals surface area (Å²) >= 11 is 0. The van der Waals surface area contributed by atoms with Crippen molar-refractivity contribution in [1.82, 2.24) is 4.98 Å². The minimum absolute atomic E-state index is 0.360. The van der Waals surface area contributed by atoms with Gasteiger partial charge in [0.1, 0.15) is 11.9 Å². The molecule has 6 heteroatoms. The molecule has 0 bridgehead atoms. The third-order valence-electron chi connectivity index (χ3n) is 3.41. The van der Waals surface area contributed by atoms with E-state index in [-0.39, 0.29) is 0 Å². The molecular weight excluding hydrogens is 318 g/mol. The van der Waals surface area contributed by atoms with Crippen LogP contribution in [0.2, 0.25) is 0 Å². The molecule has 0 saturated carbocycles. The van der Waals surface area contributed by atoms with Crippen molar-refractivity contribution in [2.45, 2.75) is 6.92 Å². The van der Waals surface area contributed by atoms with Crippen LogP contribution in [0.4, 0.5) is 5.69 Å². The summed E-state index contributed by atoms with van der Waals surface area (Å²) in [6.45, 7) is 2.39. The van der Waals surface area contributed by atoms with E-state index in [9.17, 15) is 0 Å². The van der Waals surface area contributed by atoms with Crippen LogP contribution >= 0.6 is 0 Å². The van der Waals surface area contributed by atoms with Crippen LogP contribution in [0, 0.1) is 0 Å². The van der Waals surface area contributed by atoms with Crippen LogP contribution in [0.1, 0.15) is 18.4 Å². The van der Waals surface area contributed by atoms with Crippen LogP contribution in [-0.2, 0) is 0 Å². The monoisotopic (exact) mass is 337 g/mol. The molecule has 128 valence electrons. The number of aromatic nitrogens is 1. The highest BCUT2D eigenvalue weighted by Gasteiger charge is 2.15. The fourth-order valence-electron chi connectivity index (χ4n) is 2.20. The van der Waals surface area contributed by atoms with E-state index in [1.807, 2.05) is 61.5 Å². The SMILES string of the molecule is CCOc1cnc(C(=NNc2ccccc2)c2ccc(OC)cc2)o1. The largest absolute Gasteiger partial charge is 0.497 e. The van der Waals surface area contributed by atoms with Gasteiger partial charge in [0, 0.05) is 5.56 Å². The zero-order chi connectivity index (χ0) is 17.5. The third-order valence-corrected chi connectivity index (χ3v) is 3.41. The predicted molar refractivity (Wildman–Crippen MR) is 96.4 cm³/mol. The van der Waals surface area contributed by atoms with E-state index in [1.54, 1.807) is 13.3 Å². The molecule has 3 rings (SSSR count). The first kappa shape index (κ1) is 16.6. The second-order valence-electron chi connectivity index (χ2n) is 5.08. The van der Waals surface area contributed by atoms with Gasteiger partial charge in [-0.1, -0.05) is 18.2 Å². The molecule has 0 aliphatic carbocycles. The van der Waals surface area contributed by atoms with Crippen LogP contribution in [0.15, 0.2) is 70.3 Å². The first-order chi connectivity index (χ1) is 12.3. The lowest BCUT2D eigenvalue weighted by Gasteiger charge is -2.06. The van der Waals surface area contributed by atoms with Gasteiger partial charge in [-0.15, -0.1) is 0 Å². The summed E-state index contributed by atoms with van der Waals surface area (Å²) < 4.78 is 16.2. The molecule has 0 aliphatic heterocycles. The van der Waals surface area contributed by atoms with E-state index in [4.69, 9.17) is 13.9 Å². The molecule has 0 amide bonds. The Labute approximate surface area is 146 Å². The number of rotatable bonds is 7. The lowest BCUT2D eigenvalue weighted by Crippen LogP contribution is -2.07. The van der Waals surface area contributed by atoms with Gasteiger partial charge in [0.2, 0.25) is 0 Å². The molecule has 25 heavy (non-hydrogen) atoms. The first-order valence-corrected chi connectivity index (χ1v) is 7.92. The van der Waals surface area contributed by atoms with E-state index >= 15 is 0 Å². The average Bonchev–Trinajstić information content (AvgIpc) is 3.12. The molecule has 6 nitrogen and oxygen atoms in total. The van der Waals surface area contributed by atoms with Gasteiger partial charge in [-0.2, -0.15) is 5.10 Å². The molecule has 0 saturated heterocycles. The Hall–Kier alpha value is -3.28. The zero-order valence-electron chi connectivity index (χ0n) is 14.1. The number of hydrogen-bond donors (Lipinski definition) is 1. The summed E-state index contributed by atoms with van der Waals surface area (Å²) in [4.78, 5) is 4.27. The molecule has 1 heterocycles. The fraction of sp³-hybridized carbons (Fsp3) is 0.158. The van der Waals surface area contributed by atoms with Crippen LogP contribution in [0.25, 0.3) is 0 Å². The Morgan fingerprint density at radius 1 is 1.12 bits per heavy atom. The molecule has 0 atom stereocenters. The highest BCUT2D eigenvalue weighted by Crippen LogP contribution is 2.19. The highest BCUT2D eigenvalue weighted by atomic mass is 16.6. The lowest BCUT2D eigenvalue weighted by atomic mass is 10.1. The smallest absolute Gasteiger partial charge is 0.305 e. The maximum Gasteiger partial charge on any atom is 0.305 e. The molecule has 0 unspecified atom stereocenters. The Kier molecular flexibility index (Phi) is 5.31. The van der Waals surface area contributed by atoms with Crippen molar-refractivity contribution in [3.05, 3.63) is 72.2 Å². The summed E-state index contributed by atoms with van der Waals surface area (Å²) in [5.74, 6) is 1.50. The summed E-state index contributed by atoms with van der Waals surface area (Å²) in [5.41, 5.74) is 5.30. The topological polar surface area (TPSA) is 68.9 Å². The Balaban J connectivity index is 1.94. The lowest BCUT2D eigenvalue weighted by molar-refractivity contribution is 0.256. The number of nitrogens with one attached hydrogen (secondary N) is 1. The van der Waals surface area contributed by atoms with Crippen molar-refractivity contribution in [1.29, 1.82) is 0 Å². The number of methoxy groups -OCH3 is 1. The molecule has 2 aromatic carbocycles. The zero-order valence-corrected chi connectivity index (χ0v) is 14.1. The number of hydrogen-bond acceptors (Lipinski definition) is 6. The van der Waals surface area contributed by atoms with E-state index < -0.39 is 0 Å². The number of ether oxygens (including phenoxy) is 2. The quantitative estimate of drug-likeness (QED) is 0.522. The van der Waals surface area contributed by atoms with Crippen molar-refractivity contribution >= 4 is 11.4 Å². The van der Waals surface area contributed by atoms with Crippen molar-refractivity contribution < 1.29 is 13.9 Å². The number of para-hydroxylation sites is 1. The Bertz CT molecular complexity index is 827. The van der Waals surface area contributed by atoms with Gasteiger partial charge < -0.3 is 13.9 Å². The van der Waals surface area contributed by atoms with E-state index in [1.165, 1.54) is 0 Å². The van der Waals surface area contributed by atoms with Gasteiger partial charge in [-0.05, 0) is 43.3 Å². The van der Waals surface area contributed by atoms with Gasteiger partial charge in [0.05, 0.1) is 19.4 Å². The number of hydrazone groups is 1. The van der Waals surface area contributed by atoms with Gasteiger partial charge in [0.25, 0.3) is 5.89 Å². The Morgan fingerprint density at radius 3 is 2.56 bits per heavy atom. The van der Waals surface area contributed by atoms with Gasteiger partial charge in [-0.3, -0.25) is 5.43 Å². The molecule has 3 aromatic rings. The van der Waals surface area contributed by atoms with Gasteiger partial charge in [-0.25, -0.2) is 4.98 Å². The maximum atomic E-state index is 5.65. The number of benzene rings is 2. The second-order valence-corrected chi connectivity index (χ2v) is 5.08. The maximum absolute atomic E-state index is 5.65. The van der Waals surface area contributed by atoms with Crippen molar-refractivity contribution in [2.75, 3.05) is 19.1 Å². The van der Waals surface area contributed by atoms with Crippen molar-refractivity contribution in [3.8, 4) is 11.7 Å². The van der Waals surface area contributed by atoms with Crippen molar-refractivity contribution in [3.63, 3.8) is 0 Å². The molecule has 1 N–H and O–H groups in total. The van der Waals surface area contributed by atoms with Crippen LogP contribution in [0.3, 0.4) is 0 Å². The molecule has 0 fully saturated rings. The van der Waals surface area contributed by atoms with E-state index in [0.717, 1.165) is 17.0 Å².